The van der Waals surface area contributed by atoms with E-state index in [4.69, 9.17) is 11.6 Å². The van der Waals surface area contributed by atoms with Gasteiger partial charge in [-0.05, 0) is 42.5 Å². The molecule has 3 aromatic rings. The van der Waals surface area contributed by atoms with Gasteiger partial charge in [-0.25, -0.2) is 23.2 Å². The number of sulfonamides is 1. The predicted molar refractivity (Wildman–Crippen MR) is 131 cm³/mol. The Labute approximate surface area is 203 Å². The molecule has 12 heteroatoms. The van der Waals surface area contributed by atoms with Gasteiger partial charge < -0.3 is 5.32 Å². The summed E-state index contributed by atoms with van der Waals surface area (Å²) in [4.78, 5) is 20.8. The van der Waals surface area contributed by atoms with Gasteiger partial charge >= 0.3 is 6.03 Å². The van der Waals surface area contributed by atoms with E-state index in [0.717, 1.165) is 36.0 Å². The number of carbonyl (C=O) groups is 1. The summed E-state index contributed by atoms with van der Waals surface area (Å²) < 4.78 is 27.2. The van der Waals surface area contributed by atoms with E-state index in [1.54, 1.807) is 31.3 Å². The SMILES string of the molecule is C[C@H](NC(=O)Nc1cc(-c2cnn3c2CC(C)(C)C3)c(Cl)cn1)c1ccnc(NS(C)(=O)=O)c1. The van der Waals surface area contributed by atoms with Gasteiger partial charge in [-0.3, -0.25) is 14.7 Å². The number of hydrogen-bond donors (Lipinski definition) is 3. The monoisotopic (exact) mass is 503 g/mol. The van der Waals surface area contributed by atoms with Gasteiger partial charge in [-0.1, -0.05) is 25.4 Å². The second-order valence-electron chi connectivity index (χ2n) is 9.22. The van der Waals surface area contributed by atoms with E-state index in [9.17, 15) is 13.2 Å². The lowest BCUT2D eigenvalue weighted by Crippen LogP contribution is -2.31. The Morgan fingerprint density at radius 3 is 2.68 bits per heavy atom. The lowest BCUT2D eigenvalue weighted by Gasteiger charge is -2.16. The number of pyridine rings is 2. The van der Waals surface area contributed by atoms with E-state index in [2.05, 4.69) is 44.3 Å². The maximum Gasteiger partial charge on any atom is 0.320 e. The predicted octanol–water partition coefficient (Wildman–Crippen LogP) is 3.83. The first-order chi connectivity index (χ1) is 15.9. The zero-order valence-corrected chi connectivity index (χ0v) is 20.8. The third-order valence-electron chi connectivity index (χ3n) is 5.48. The van der Waals surface area contributed by atoms with Crippen LogP contribution in [0.3, 0.4) is 0 Å². The molecule has 0 spiro atoms. The molecule has 0 saturated carbocycles. The fraction of sp³-hybridized carbons (Fsp3) is 0.364. The van der Waals surface area contributed by atoms with Crippen molar-refractivity contribution in [2.45, 2.75) is 39.8 Å². The Hall–Kier alpha value is -3.18. The van der Waals surface area contributed by atoms with Crippen LogP contribution in [-0.4, -0.2) is 40.5 Å². The number of carbonyl (C=O) groups excluding carboxylic acids is 1. The minimum absolute atomic E-state index is 0.124. The van der Waals surface area contributed by atoms with E-state index < -0.39 is 22.1 Å². The highest BCUT2D eigenvalue weighted by Crippen LogP contribution is 2.39. The van der Waals surface area contributed by atoms with Crippen molar-refractivity contribution in [1.29, 1.82) is 0 Å². The second-order valence-corrected chi connectivity index (χ2v) is 11.4. The van der Waals surface area contributed by atoms with E-state index in [0.29, 0.717) is 16.4 Å². The Balaban J connectivity index is 1.47. The largest absolute Gasteiger partial charge is 0.331 e. The van der Waals surface area contributed by atoms with Gasteiger partial charge in [-0.15, -0.1) is 0 Å². The highest BCUT2D eigenvalue weighted by Gasteiger charge is 2.32. The number of aromatic nitrogens is 4. The number of amides is 2. The second kappa shape index (κ2) is 8.88. The lowest BCUT2D eigenvalue weighted by atomic mass is 9.89. The maximum absolute atomic E-state index is 12.6. The fourth-order valence-electron chi connectivity index (χ4n) is 3.98. The molecule has 0 fully saturated rings. The molecule has 0 aliphatic carbocycles. The van der Waals surface area contributed by atoms with Crippen molar-refractivity contribution in [3.63, 3.8) is 0 Å². The number of hydrogen-bond acceptors (Lipinski definition) is 6. The van der Waals surface area contributed by atoms with Crippen LogP contribution in [0.2, 0.25) is 5.02 Å². The summed E-state index contributed by atoms with van der Waals surface area (Å²) in [7, 11) is -3.46. The van der Waals surface area contributed by atoms with Crippen molar-refractivity contribution in [2.75, 3.05) is 16.3 Å². The maximum atomic E-state index is 12.6. The Morgan fingerprint density at radius 1 is 1.18 bits per heavy atom. The number of halogens is 1. The first-order valence-electron chi connectivity index (χ1n) is 10.6. The molecule has 0 unspecified atom stereocenters. The molecular weight excluding hydrogens is 478 g/mol. The molecule has 2 amide bonds. The molecule has 4 heterocycles. The summed E-state index contributed by atoms with van der Waals surface area (Å²) in [5.74, 6) is 0.519. The summed E-state index contributed by atoms with van der Waals surface area (Å²) in [6, 6.07) is 4.10. The molecule has 3 N–H and O–H groups in total. The zero-order valence-electron chi connectivity index (χ0n) is 19.3. The van der Waals surface area contributed by atoms with Crippen molar-refractivity contribution in [3.05, 3.63) is 53.1 Å². The van der Waals surface area contributed by atoms with Crippen LogP contribution in [0.1, 0.15) is 38.1 Å². The van der Waals surface area contributed by atoms with Gasteiger partial charge in [0.1, 0.15) is 11.6 Å². The number of nitrogens with zero attached hydrogens (tertiary/aromatic N) is 4. The summed E-state index contributed by atoms with van der Waals surface area (Å²) in [5, 5.41) is 10.5. The molecule has 0 radical (unpaired) electrons. The number of fused-ring (bicyclic) bond motifs is 1. The Kier molecular flexibility index (Phi) is 6.26. The van der Waals surface area contributed by atoms with Crippen LogP contribution in [0.15, 0.2) is 36.8 Å². The molecule has 3 aromatic heterocycles. The molecule has 0 aromatic carbocycles. The topological polar surface area (TPSA) is 131 Å². The van der Waals surface area contributed by atoms with Crippen LogP contribution in [0.25, 0.3) is 11.1 Å². The zero-order chi connectivity index (χ0) is 24.7. The molecule has 1 aliphatic rings. The van der Waals surface area contributed by atoms with E-state index >= 15 is 0 Å². The number of urea groups is 1. The van der Waals surface area contributed by atoms with Gasteiger partial charge in [0.25, 0.3) is 0 Å². The van der Waals surface area contributed by atoms with Crippen molar-refractivity contribution >= 4 is 39.3 Å². The highest BCUT2D eigenvalue weighted by atomic mass is 35.5. The van der Waals surface area contributed by atoms with Gasteiger partial charge in [0, 0.05) is 35.8 Å². The van der Waals surface area contributed by atoms with Crippen LogP contribution < -0.4 is 15.4 Å². The van der Waals surface area contributed by atoms with Crippen LogP contribution in [0.4, 0.5) is 16.4 Å². The average molecular weight is 504 g/mol. The third-order valence-corrected chi connectivity index (χ3v) is 6.36. The van der Waals surface area contributed by atoms with Crippen molar-refractivity contribution in [1.82, 2.24) is 25.1 Å². The number of rotatable bonds is 6. The van der Waals surface area contributed by atoms with Crippen LogP contribution in [0.5, 0.6) is 0 Å². The summed E-state index contributed by atoms with van der Waals surface area (Å²) in [6.07, 6.45) is 6.69. The summed E-state index contributed by atoms with van der Waals surface area (Å²) in [5.41, 5.74) is 3.60. The molecule has 10 nitrogen and oxygen atoms in total. The van der Waals surface area contributed by atoms with Gasteiger partial charge in [0.2, 0.25) is 10.0 Å². The Bertz CT molecular complexity index is 1350. The van der Waals surface area contributed by atoms with E-state index in [1.165, 1.54) is 12.4 Å². The lowest BCUT2D eigenvalue weighted by molar-refractivity contribution is 0.249. The highest BCUT2D eigenvalue weighted by molar-refractivity contribution is 7.92. The third kappa shape index (κ3) is 5.48. The number of nitrogens with one attached hydrogen (secondary N) is 3. The molecule has 4 rings (SSSR count). The molecular formula is C22H26ClN7O3S. The van der Waals surface area contributed by atoms with E-state index in [-0.39, 0.29) is 11.2 Å². The van der Waals surface area contributed by atoms with Crippen molar-refractivity contribution in [2.24, 2.45) is 5.41 Å². The molecule has 1 atom stereocenters. The smallest absolute Gasteiger partial charge is 0.320 e. The van der Waals surface area contributed by atoms with Crippen molar-refractivity contribution < 1.29 is 13.2 Å². The molecule has 0 bridgehead atoms. The van der Waals surface area contributed by atoms with Crippen LogP contribution in [-0.2, 0) is 23.0 Å². The summed E-state index contributed by atoms with van der Waals surface area (Å²) >= 11 is 6.44. The number of anilines is 2. The van der Waals surface area contributed by atoms with Crippen molar-refractivity contribution in [3.8, 4) is 11.1 Å². The van der Waals surface area contributed by atoms with Gasteiger partial charge in [0.05, 0.1) is 23.5 Å². The summed E-state index contributed by atoms with van der Waals surface area (Å²) in [6.45, 7) is 7.01. The first kappa shape index (κ1) is 24.0. The minimum Gasteiger partial charge on any atom is -0.331 e. The quantitative estimate of drug-likeness (QED) is 0.468. The molecule has 180 valence electrons. The van der Waals surface area contributed by atoms with E-state index in [1.807, 2.05) is 4.68 Å². The first-order valence-corrected chi connectivity index (χ1v) is 12.9. The van der Waals surface area contributed by atoms with Crippen LogP contribution in [0, 0.1) is 5.41 Å². The normalized spacial score (nSPS) is 15.4. The van der Waals surface area contributed by atoms with Crippen LogP contribution >= 0.6 is 11.6 Å². The van der Waals surface area contributed by atoms with Gasteiger partial charge in [-0.2, -0.15) is 5.10 Å². The Morgan fingerprint density at radius 2 is 1.94 bits per heavy atom. The van der Waals surface area contributed by atoms with Gasteiger partial charge in [0.15, 0.2) is 0 Å². The fourth-order valence-corrected chi connectivity index (χ4v) is 4.68. The average Bonchev–Trinajstić information content (AvgIpc) is 3.23. The standard InChI is InChI=1S/C22H26ClN7O3S/c1-13(14-5-6-24-20(7-14)29-34(4,32)33)27-21(31)28-19-8-15(17(23)11-25-19)16-10-26-30-12-22(2,3)9-18(16)30/h5-8,10-11,13H,9,12H2,1-4H3,(H,24,29)(H2,25,27,28,31)/t13-/m0/s1. The molecule has 1 aliphatic heterocycles. The minimum atomic E-state index is -3.46. The molecule has 0 saturated heterocycles. The molecule has 34 heavy (non-hydrogen) atoms.